The van der Waals surface area contributed by atoms with E-state index in [1.807, 2.05) is 0 Å². The number of anilines is 1. The van der Waals surface area contributed by atoms with E-state index in [1.54, 1.807) is 13.1 Å². The number of aromatic nitrogens is 1. The molecule has 110 valence electrons. The van der Waals surface area contributed by atoms with Gasteiger partial charge in [-0.15, -0.1) is 0 Å². The van der Waals surface area contributed by atoms with Crippen molar-refractivity contribution in [2.45, 2.75) is 19.3 Å². The minimum atomic E-state index is -0.126. The number of nitrogens with one attached hydrogen (secondary N) is 2. The van der Waals surface area contributed by atoms with Crippen LogP contribution in [0.2, 0.25) is 5.02 Å². The van der Waals surface area contributed by atoms with Crippen molar-refractivity contribution in [1.82, 2.24) is 15.2 Å². The van der Waals surface area contributed by atoms with Gasteiger partial charge in [-0.3, -0.25) is 4.79 Å². The molecule has 0 saturated carbocycles. The van der Waals surface area contributed by atoms with Crippen molar-refractivity contribution in [3.8, 4) is 0 Å². The van der Waals surface area contributed by atoms with Gasteiger partial charge in [-0.05, 0) is 32.0 Å². The zero-order chi connectivity index (χ0) is 14.4. The summed E-state index contributed by atoms with van der Waals surface area (Å²) < 4.78 is 0. The fourth-order valence-corrected chi connectivity index (χ4v) is 2.62. The molecule has 1 aliphatic heterocycles. The van der Waals surface area contributed by atoms with Gasteiger partial charge >= 0.3 is 0 Å². The van der Waals surface area contributed by atoms with E-state index in [4.69, 9.17) is 11.6 Å². The molecule has 1 aromatic rings. The number of halogens is 1. The Morgan fingerprint density at radius 1 is 1.40 bits per heavy atom. The zero-order valence-electron chi connectivity index (χ0n) is 11.8. The highest BCUT2D eigenvalue weighted by Crippen LogP contribution is 2.19. The summed E-state index contributed by atoms with van der Waals surface area (Å²) in [6.45, 7) is 3.84. The van der Waals surface area contributed by atoms with E-state index in [0.29, 0.717) is 22.9 Å². The van der Waals surface area contributed by atoms with Crippen LogP contribution in [0.4, 0.5) is 5.82 Å². The molecular formula is C14H21ClN4O. The molecule has 6 heteroatoms. The average molecular weight is 297 g/mol. The van der Waals surface area contributed by atoms with Gasteiger partial charge in [0.25, 0.3) is 5.91 Å². The van der Waals surface area contributed by atoms with Crippen LogP contribution in [0.15, 0.2) is 12.3 Å². The minimum Gasteiger partial charge on any atom is -0.372 e. The summed E-state index contributed by atoms with van der Waals surface area (Å²) >= 11 is 6.02. The smallest absolute Gasteiger partial charge is 0.252 e. The Hall–Kier alpha value is -1.33. The van der Waals surface area contributed by atoms with Crippen LogP contribution >= 0.6 is 11.6 Å². The van der Waals surface area contributed by atoms with Crippen LogP contribution in [0.5, 0.6) is 0 Å². The monoisotopic (exact) mass is 296 g/mol. The fourth-order valence-electron chi connectivity index (χ4n) is 2.36. The second-order valence-corrected chi connectivity index (χ2v) is 5.37. The van der Waals surface area contributed by atoms with Crippen LogP contribution in [0.3, 0.4) is 0 Å². The molecule has 2 rings (SSSR count). The molecule has 20 heavy (non-hydrogen) atoms. The van der Waals surface area contributed by atoms with Gasteiger partial charge in [0.2, 0.25) is 0 Å². The van der Waals surface area contributed by atoms with Crippen molar-refractivity contribution >= 4 is 23.3 Å². The summed E-state index contributed by atoms with van der Waals surface area (Å²) in [5.41, 5.74) is 0.493. The highest BCUT2D eigenvalue weighted by molar-refractivity contribution is 6.33. The van der Waals surface area contributed by atoms with Gasteiger partial charge in [-0.1, -0.05) is 18.0 Å². The van der Waals surface area contributed by atoms with Crippen molar-refractivity contribution in [3.63, 3.8) is 0 Å². The first-order valence-corrected chi connectivity index (χ1v) is 7.42. The quantitative estimate of drug-likeness (QED) is 0.872. The molecule has 0 atom stereocenters. The summed E-state index contributed by atoms with van der Waals surface area (Å²) in [5.74, 6) is 0.454. The number of hydrogen-bond donors (Lipinski definition) is 2. The Kier molecular flexibility index (Phi) is 5.61. The first-order chi connectivity index (χ1) is 9.70. The summed E-state index contributed by atoms with van der Waals surface area (Å²) in [5, 5.41) is 6.23. The number of rotatable bonds is 5. The van der Waals surface area contributed by atoms with E-state index in [-0.39, 0.29) is 5.91 Å². The third-order valence-corrected chi connectivity index (χ3v) is 3.79. The maximum Gasteiger partial charge on any atom is 0.252 e. The fraction of sp³-hybridized carbons (Fsp3) is 0.571. The largest absolute Gasteiger partial charge is 0.372 e. The molecule has 1 saturated heterocycles. The maximum absolute atomic E-state index is 12.0. The molecule has 1 aromatic heterocycles. The number of hydrogen-bond acceptors (Lipinski definition) is 4. The van der Waals surface area contributed by atoms with Crippen LogP contribution in [0.25, 0.3) is 0 Å². The van der Waals surface area contributed by atoms with Crippen LogP contribution in [-0.4, -0.2) is 49.0 Å². The Balaban J connectivity index is 1.80. The number of likely N-dealkylation sites (tertiary alicyclic amines) is 1. The van der Waals surface area contributed by atoms with Gasteiger partial charge in [-0.25, -0.2) is 4.98 Å². The van der Waals surface area contributed by atoms with Crippen LogP contribution in [0.1, 0.15) is 29.6 Å². The molecule has 0 spiro atoms. The lowest BCUT2D eigenvalue weighted by molar-refractivity contribution is 0.0946. The number of amides is 1. The van der Waals surface area contributed by atoms with E-state index in [9.17, 15) is 4.79 Å². The van der Waals surface area contributed by atoms with Crippen LogP contribution < -0.4 is 10.6 Å². The van der Waals surface area contributed by atoms with E-state index in [0.717, 1.165) is 19.6 Å². The molecule has 0 aromatic carbocycles. The second kappa shape index (κ2) is 7.45. The van der Waals surface area contributed by atoms with Gasteiger partial charge in [0.05, 0.1) is 10.6 Å². The molecule has 5 nitrogen and oxygen atoms in total. The summed E-state index contributed by atoms with van der Waals surface area (Å²) in [4.78, 5) is 18.5. The number of pyridine rings is 1. The molecule has 1 amide bonds. The van der Waals surface area contributed by atoms with Crippen molar-refractivity contribution in [3.05, 3.63) is 22.8 Å². The summed E-state index contributed by atoms with van der Waals surface area (Å²) in [6.07, 6.45) is 5.39. The Bertz CT molecular complexity index is 460. The SMILES string of the molecule is CNc1ncc(C(=O)NCCN2CCCCC2)cc1Cl. The molecular weight excluding hydrogens is 276 g/mol. The summed E-state index contributed by atoms with van der Waals surface area (Å²) in [7, 11) is 1.74. The topological polar surface area (TPSA) is 57.3 Å². The molecule has 2 heterocycles. The molecule has 1 aliphatic rings. The van der Waals surface area contributed by atoms with Gasteiger partial charge in [0, 0.05) is 26.3 Å². The highest BCUT2D eigenvalue weighted by atomic mass is 35.5. The second-order valence-electron chi connectivity index (χ2n) is 4.96. The minimum absolute atomic E-state index is 0.126. The maximum atomic E-state index is 12.0. The lowest BCUT2D eigenvalue weighted by atomic mass is 10.1. The van der Waals surface area contributed by atoms with Crippen molar-refractivity contribution < 1.29 is 4.79 Å². The van der Waals surface area contributed by atoms with Crippen molar-refractivity contribution in [2.24, 2.45) is 0 Å². The number of carbonyl (C=O) groups excluding carboxylic acids is 1. The third kappa shape index (κ3) is 4.08. The molecule has 0 unspecified atom stereocenters. The molecule has 1 fully saturated rings. The van der Waals surface area contributed by atoms with Crippen LogP contribution in [-0.2, 0) is 0 Å². The number of carbonyl (C=O) groups is 1. The van der Waals surface area contributed by atoms with Gasteiger partial charge in [0.15, 0.2) is 0 Å². The van der Waals surface area contributed by atoms with Crippen LogP contribution in [0, 0.1) is 0 Å². The average Bonchev–Trinajstić information content (AvgIpc) is 2.48. The molecule has 2 N–H and O–H groups in total. The lowest BCUT2D eigenvalue weighted by Gasteiger charge is -2.26. The highest BCUT2D eigenvalue weighted by Gasteiger charge is 2.12. The normalized spacial score (nSPS) is 15.9. The lowest BCUT2D eigenvalue weighted by Crippen LogP contribution is -2.37. The Labute approximate surface area is 124 Å². The zero-order valence-corrected chi connectivity index (χ0v) is 12.5. The van der Waals surface area contributed by atoms with Gasteiger partial charge < -0.3 is 15.5 Å². The number of piperidine rings is 1. The molecule has 0 radical (unpaired) electrons. The first-order valence-electron chi connectivity index (χ1n) is 7.04. The van der Waals surface area contributed by atoms with Crippen molar-refractivity contribution in [1.29, 1.82) is 0 Å². The Morgan fingerprint density at radius 2 is 2.15 bits per heavy atom. The predicted molar refractivity (Wildman–Crippen MR) is 81.4 cm³/mol. The standard InChI is InChI=1S/C14H21ClN4O/c1-16-13-12(15)9-11(10-18-13)14(20)17-5-8-19-6-3-2-4-7-19/h9-10H,2-8H2,1H3,(H,16,18)(H,17,20). The molecule has 0 aliphatic carbocycles. The van der Waals surface area contributed by atoms with E-state index >= 15 is 0 Å². The predicted octanol–water partition coefficient (Wildman–Crippen LogP) is 1.99. The van der Waals surface area contributed by atoms with E-state index in [1.165, 1.54) is 25.5 Å². The first kappa shape index (κ1) is 15.1. The molecule has 0 bridgehead atoms. The van der Waals surface area contributed by atoms with E-state index < -0.39 is 0 Å². The Morgan fingerprint density at radius 3 is 2.80 bits per heavy atom. The van der Waals surface area contributed by atoms with E-state index in [2.05, 4.69) is 20.5 Å². The van der Waals surface area contributed by atoms with Gasteiger partial charge in [-0.2, -0.15) is 0 Å². The number of nitrogens with zero attached hydrogens (tertiary/aromatic N) is 2. The van der Waals surface area contributed by atoms with Crippen molar-refractivity contribution in [2.75, 3.05) is 38.5 Å². The van der Waals surface area contributed by atoms with Gasteiger partial charge in [0.1, 0.15) is 5.82 Å². The summed E-state index contributed by atoms with van der Waals surface area (Å²) in [6, 6.07) is 1.64. The third-order valence-electron chi connectivity index (χ3n) is 3.50.